The van der Waals surface area contributed by atoms with Crippen LogP contribution in [0.3, 0.4) is 0 Å². The number of nitro benzene ring substituents is 1. The number of nitro groups is 2. The van der Waals surface area contributed by atoms with Crippen molar-refractivity contribution in [2.45, 2.75) is 0 Å². The van der Waals surface area contributed by atoms with Crippen LogP contribution in [0.4, 0.5) is 17.2 Å². The van der Waals surface area contributed by atoms with Gasteiger partial charge in [-0.05, 0) is 30.3 Å². The van der Waals surface area contributed by atoms with Crippen molar-refractivity contribution < 1.29 is 14.3 Å². The number of benzene rings is 1. The quantitative estimate of drug-likeness (QED) is 0.379. The Balaban J connectivity index is 1.70. The standard InChI is InChI=1S/C16H10ClN5O5/c17-13-4-1-10(7-14(13)22(25)26)15-5-3-12(27-15)9-19-20-16-6-2-11(8-18-16)21(23)24/h1-9H,(H,18,20)/b19-9-. The first-order valence-corrected chi connectivity index (χ1v) is 7.75. The highest BCUT2D eigenvalue weighted by molar-refractivity contribution is 6.32. The van der Waals surface area contributed by atoms with Crippen molar-refractivity contribution in [2.75, 3.05) is 5.43 Å². The summed E-state index contributed by atoms with van der Waals surface area (Å²) in [5.41, 5.74) is 2.76. The maximum atomic E-state index is 11.0. The predicted octanol–water partition coefficient (Wildman–Crippen LogP) is 4.26. The molecular formula is C16H10ClN5O5. The Kier molecular flexibility index (Phi) is 5.08. The average molecular weight is 388 g/mol. The van der Waals surface area contributed by atoms with Gasteiger partial charge in [0.2, 0.25) is 0 Å². The van der Waals surface area contributed by atoms with Crippen LogP contribution in [0.5, 0.6) is 0 Å². The molecule has 0 bridgehead atoms. The molecule has 2 aromatic heterocycles. The van der Waals surface area contributed by atoms with Crippen molar-refractivity contribution in [3.8, 4) is 11.3 Å². The molecule has 0 radical (unpaired) electrons. The monoisotopic (exact) mass is 387 g/mol. The molecule has 0 atom stereocenters. The second-order valence-corrected chi connectivity index (χ2v) is 5.56. The minimum atomic E-state index is -0.571. The highest BCUT2D eigenvalue weighted by Gasteiger charge is 2.15. The number of halogens is 1. The molecule has 2 heterocycles. The first kappa shape index (κ1) is 18.0. The van der Waals surface area contributed by atoms with Crippen LogP contribution < -0.4 is 5.43 Å². The number of nitrogens with zero attached hydrogens (tertiary/aromatic N) is 4. The number of aromatic nitrogens is 1. The lowest BCUT2D eigenvalue weighted by Crippen LogP contribution is -1.94. The van der Waals surface area contributed by atoms with E-state index in [1.807, 2.05) is 0 Å². The topological polar surface area (TPSA) is 137 Å². The van der Waals surface area contributed by atoms with Crippen LogP contribution in [0, 0.1) is 20.2 Å². The van der Waals surface area contributed by atoms with Gasteiger partial charge in [-0.1, -0.05) is 11.6 Å². The highest BCUT2D eigenvalue weighted by Crippen LogP contribution is 2.31. The third-order valence-electron chi connectivity index (χ3n) is 3.38. The van der Waals surface area contributed by atoms with Crippen molar-refractivity contribution in [1.82, 2.24) is 4.98 Å². The molecule has 0 fully saturated rings. The number of anilines is 1. The van der Waals surface area contributed by atoms with Gasteiger partial charge in [-0.25, -0.2) is 4.98 Å². The van der Waals surface area contributed by atoms with Crippen molar-refractivity contribution in [3.05, 3.63) is 79.7 Å². The van der Waals surface area contributed by atoms with Crippen molar-refractivity contribution in [2.24, 2.45) is 5.10 Å². The Morgan fingerprint density at radius 2 is 1.93 bits per heavy atom. The predicted molar refractivity (Wildman–Crippen MR) is 97.9 cm³/mol. The maximum Gasteiger partial charge on any atom is 0.288 e. The van der Waals surface area contributed by atoms with E-state index in [4.69, 9.17) is 16.0 Å². The number of furan rings is 1. The van der Waals surface area contributed by atoms with E-state index < -0.39 is 9.85 Å². The summed E-state index contributed by atoms with van der Waals surface area (Å²) in [5.74, 6) is 1.11. The van der Waals surface area contributed by atoms with Crippen LogP contribution in [-0.4, -0.2) is 21.0 Å². The second-order valence-electron chi connectivity index (χ2n) is 5.15. The normalized spacial score (nSPS) is 10.9. The number of rotatable bonds is 6. The summed E-state index contributed by atoms with van der Waals surface area (Å²) in [4.78, 5) is 24.3. The fraction of sp³-hybridized carbons (Fsp3) is 0. The largest absolute Gasteiger partial charge is 0.455 e. The first-order chi connectivity index (χ1) is 12.9. The van der Waals surface area contributed by atoms with Gasteiger partial charge < -0.3 is 4.42 Å². The van der Waals surface area contributed by atoms with Gasteiger partial charge in [0.05, 0.1) is 16.1 Å². The van der Waals surface area contributed by atoms with Crippen LogP contribution in [-0.2, 0) is 0 Å². The van der Waals surface area contributed by atoms with E-state index in [1.165, 1.54) is 30.5 Å². The molecule has 0 spiro atoms. The van der Waals surface area contributed by atoms with E-state index in [2.05, 4.69) is 15.5 Å². The lowest BCUT2D eigenvalue weighted by Gasteiger charge is -1.99. The summed E-state index contributed by atoms with van der Waals surface area (Å²) in [6.45, 7) is 0. The zero-order valence-corrected chi connectivity index (χ0v) is 14.2. The van der Waals surface area contributed by atoms with Gasteiger partial charge >= 0.3 is 0 Å². The molecule has 0 amide bonds. The summed E-state index contributed by atoms with van der Waals surface area (Å²) in [6.07, 6.45) is 2.48. The Labute approximate surface area is 156 Å². The van der Waals surface area contributed by atoms with Crippen LogP contribution in [0.2, 0.25) is 5.02 Å². The van der Waals surface area contributed by atoms with Crippen LogP contribution in [0.15, 0.2) is 58.2 Å². The molecule has 27 heavy (non-hydrogen) atoms. The number of hydrogen-bond acceptors (Lipinski definition) is 8. The molecular weight excluding hydrogens is 378 g/mol. The molecule has 1 aromatic carbocycles. The van der Waals surface area contributed by atoms with Gasteiger partial charge in [-0.2, -0.15) is 5.10 Å². The van der Waals surface area contributed by atoms with Crippen LogP contribution in [0.1, 0.15) is 5.76 Å². The number of hydrogen-bond donors (Lipinski definition) is 1. The Morgan fingerprint density at radius 1 is 1.11 bits per heavy atom. The third kappa shape index (κ3) is 4.25. The summed E-state index contributed by atoms with van der Waals surface area (Å²) in [7, 11) is 0. The first-order valence-electron chi connectivity index (χ1n) is 7.38. The van der Waals surface area contributed by atoms with E-state index in [0.717, 1.165) is 6.20 Å². The Morgan fingerprint density at radius 3 is 2.59 bits per heavy atom. The number of nitrogens with one attached hydrogen (secondary N) is 1. The van der Waals surface area contributed by atoms with E-state index in [1.54, 1.807) is 18.2 Å². The van der Waals surface area contributed by atoms with Crippen molar-refractivity contribution in [3.63, 3.8) is 0 Å². The zero-order chi connectivity index (χ0) is 19.4. The van der Waals surface area contributed by atoms with Crippen molar-refractivity contribution in [1.29, 1.82) is 0 Å². The van der Waals surface area contributed by atoms with Crippen LogP contribution in [0.25, 0.3) is 11.3 Å². The summed E-state index contributed by atoms with van der Waals surface area (Å²) >= 11 is 5.79. The van der Waals surface area contributed by atoms with E-state index in [0.29, 0.717) is 22.9 Å². The fourth-order valence-electron chi connectivity index (χ4n) is 2.11. The second kappa shape index (κ2) is 7.62. The Hall–Kier alpha value is -3.79. The summed E-state index contributed by atoms with van der Waals surface area (Å²) in [5, 5.41) is 25.5. The minimum absolute atomic E-state index is 0.0388. The molecule has 0 aliphatic carbocycles. The molecule has 0 aliphatic rings. The molecule has 0 saturated heterocycles. The van der Waals surface area contributed by atoms with Gasteiger partial charge in [0.1, 0.15) is 28.6 Å². The van der Waals surface area contributed by atoms with Gasteiger partial charge in [0.25, 0.3) is 11.4 Å². The lowest BCUT2D eigenvalue weighted by atomic mass is 10.1. The molecule has 0 unspecified atom stereocenters. The SMILES string of the molecule is O=[N+]([O-])c1ccc(N/N=C\c2ccc(-c3ccc(Cl)c([N+](=O)[O-])c3)o2)nc1. The Bertz CT molecular complexity index is 1030. The average Bonchev–Trinajstić information content (AvgIpc) is 3.11. The molecule has 10 nitrogen and oxygen atoms in total. The van der Waals surface area contributed by atoms with E-state index >= 15 is 0 Å². The number of hydrazone groups is 1. The zero-order valence-electron chi connectivity index (χ0n) is 13.4. The maximum absolute atomic E-state index is 11.0. The molecule has 11 heteroatoms. The van der Waals surface area contributed by atoms with E-state index in [9.17, 15) is 20.2 Å². The van der Waals surface area contributed by atoms with Crippen molar-refractivity contribution >= 4 is 35.0 Å². The molecule has 3 aromatic rings. The molecule has 3 rings (SSSR count). The minimum Gasteiger partial charge on any atom is -0.455 e. The number of pyridine rings is 1. The fourth-order valence-corrected chi connectivity index (χ4v) is 2.29. The van der Waals surface area contributed by atoms with Gasteiger partial charge in [-0.15, -0.1) is 0 Å². The van der Waals surface area contributed by atoms with Crippen LogP contribution >= 0.6 is 11.6 Å². The summed E-state index contributed by atoms with van der Waals surface area (Å²) < 4.78 is 5.57. The summed E-state index contributed by atoms with van der Waals surface area (Å²) in [6, 6.07) is 10.3. The molecule has 0 saturated carbocycles. The van der Waals surface area contributed by atoms with E-state index in [-0.39, 0.29) is 16.4 Å². The van der Waals surface area contributed by atoms with Gasteiger partial charge in [0, 0.05) is 17.7 Å². The highest BCUT2D eigenvalue weighted by atomic mass is 35.5. The molecule has 136 valence electrons. The van der Waals surface area contributed by atoms with Gasteiger partial charge in [-0.3, -0.25) is 25.7 Å². The van der Waals surface area contributed by atoms with Gasteiger partial charge in [0.15, 0.2) is 0 Å². The molecule has 1 N–H and O–H groups in total. The third-order valence-corrected chi connectivity index (χ3v) is 3.70. The lowest BCUT2D eigenvalue weighted by molar-refractivity contribution is -0.385. The smallest absolute Gasteiger partial charge is 0.288 e. The molecule has 0 aliphatic heterocycles.